The summed E-state index contributed by atoms with van der Waals surface area (Å²) in [6, 6.07) is 13.1. The quantitative estimate of drug-likeness (QED) is 0.654. The van der Waals surface area contributed by atoms with Crippen LogP contribution in [0.3, 0.4) is 0 Å². The van der Waals surface area contributed by atoms with Gasteiger partial charge in [0.15, 0.2) is 5.82 Å². The summed E-state index contributed by atoms with van der Waals surface area (Å²) in [5.41, 5.74) is 0.876. The van der Waals surface area contributed by atoms with E-state index in [9.17, 15) is 12.8 Å². The number of aromatic nitrogens is 2. The molecule has 0 saturated heterocycles. The lowest BCUT2D eigenvalue weighted by atomic mass is 10.2. The maximum atomic E-state index is 13.9. The van der Waals surface area contributed by atoms with Gasteiger partial charge in [-0.05, 0) is 17.7 Å². The molecule has 0 spiro atoms. The topological polar surface area (TPSA) is 64.0 Å². The van der Waals surface area contributed by atoms with E-state index in [0.717, 1.165) is 0 Å². The molecule has 0 fully saturated rings. The average molecular weight is 414 g/mol. The highest BCUT2D eigenvalue weighted by Crippen LogP contribution is 2.24. The third kappa shape index (κ3) is 4.55. The molecule has 0 radical (unpaired) electrons. The number of sulfonamides is 1. The molecule has 0 bridgehead atoms. The molecule has 2 aromatic carbocycles. The van der Waals surface area contributed by atoms with Crippen LogP contribution in [0.2, 0.25) is 10.0 Å². The second-order valence-electron chi connectivity index (χ2n) is 5.57. The van der Waals surface area contributed by atoms with Crippen LogP contribution in [0.15, 0.2) is 54.7 Å². The summed E-state index contributed by atoms with van der Waals surface area (Å²) >= 11 is 12.1. The van der Waals surface area contributed by atoms with Gasteiger partial charge in [0.1, 0.15) is 10.8 Å². The van der Waals surface area contributed by atoms with Crippen LogP contribution in [0, 0.1) is 5.82 Å². The molecule has 136 valence electrons. The number of rotatable bonds is 6. The molecule has 3 rings (SSSR count). The van der Waals surface area contributed by atoms with Gasteiger partial charge in [0.2, 0.25) is 10.0 Å². The lowest BCUT2D eigenvalue weighted by molar-refractivity contribution is 0.585. The van der Waals surface area contributed by atoms with E-state index in [1.165, 1.54) is 23.0 Å². The second kappa shape index (κ2) is 7.65. The zero-order valence-corrected chi connectivity index (χ0v) is 15.7. The third-order valence-electron chi connectivity index (χ3n) is 3.55. The van der Waals surface area contributed by atoms with Gasteiger partial charge in [0, 0.05) is 16.8 Å². The van der Waals surface area contributed by atoms with E-state index in [1.807, 2.05) is 0 Å². The van der Waals surface area contributed by atoms with Crippen LogP contribution in [0.4, 0.5) is 10.2 Å². The molecule has 1 aromatic heterocycles. The largest absolute Gasteiger partial charge is 0.264 e. The van der Waals surface area contributed by atoms with E-state index in [2.05, 4.69) is 9.82 Å². The highest BCUT2D eigenvalue weighted by molar-refractivity contribution is 7.91. The molecular weight excluding hydrogens is 400 g/mol. The Morgan fingerprint density at radius 2 is 1.77 bits per heavy atom. The molecule has 1 N–H and O–H groups in total. The Labute approximate surface area is 160 Å². The maximum Gasteiger partial charge on any atom is 0.238 e. The van der Waals surface area contributed by atoms with Crippen molar-refractivity contribution >= 4 is 39.0 Å². The smallest absolute Gasteiger partial charge is 0.238 e. The molecule has 0 saturated carbocycles. The van der Waals surface area contributed by atoms with Crippen molar-refractivity contribution in [3.63, 3.8) is 0 Å². The Kier molecular flexibility index (Phi) is 5.50. The molecule has 0 amide bonds. The van der Waals surface area contributed by atoms with Gasteiger partial charge in [-0.15, -0.1) is 0 Å². The highest BCUT2D eigenvalue weighted by atomic mass is 35.5. The predicted molar refractivity (Wildman–Crippen MR) is 100 cm³/mol. The number of nitrogens with one attached hydrogen (secondary N) is 1. The summed E-state index contributed by atoms with van der Waals surface area (Å²) in [6.45, 7) is 0.0195. The van der Waals surface area contributed by atoms with Gasteiger partial charge in [-0.25, -0.2) is 12.8 Å². The minimum absolute atomic E-state index is 0.0185. The molecule has 26 heavy (non-hydrogen) atoms. The second-order valence-corrected chi connectivity index (χ2v) is 8.11. The number of halogens is 3. The molecule has 9 heteroatoms. The van der Waals surface area contributed by atoms with Crippen molar-refractivity contribution in [1.82, 2.24) is 9.78 Å². The van der Waals surface area contributed by atoms with Gasteiger partial charge in [-0.1, -0.05) is 59.6 Å². The number of hydrogen-bond acceptors (Lipinski definition) is 3. The van der Waals surface area contributed by atoms with E-state index >= 15 is 0 Å². The van der Waals surface area contributed by atoms with Crippen molar-refractivity contribution in [2.45, 2.75) is 12.3 Å². The third-order valence-corrected chi connectivity index (χ3v) is 5.40. The molecule has 0 aliphatic heterocycles. The number of benzene rings is 2. The Hall–Kier alpha value is -2.09. The average Bonchev–Trinajstić information content (AvgIpc) is 2.90. The first-order valence-corrected chi connectivity index (χ1v) is 9.95. The van der Waals surface area contributed by atoms with Crippen LogP contribution in [0.25, 0.3) is 0 Å². The van der Waals surface area contributed by atoms with Crippen LogP contribution in [-0.4, -0.2) is 18.2 Å². The van der Waals surface area contributed by atoms with Crippen molar-refractivity contribution < 1.29 is 12.8 Å². The SMILES string of the molecule is O=S(=O)(Cc1ccccc1)Nc1nn(Cc2c(F)cccc2Cl)cc1Cl. The standard InChI is InChI=1S/C17H14Cl2FN3O2S/c18-14-7-4-8-16(20)13(14)9-23-10-15(19)17(21-23)22-26(24,25)11-12-5-2-1-3-6-12/h1-8,10H,9,11H2,(H,21,22). The highest BCUT2D eigenvalue weighted by Gasteiger charge is 2.17. The number of hydrogen-bond donors (Lipinski definition) is 1. The monoisotopic (exact) mass is 413 g/mol. The number of nitrogens with zero attached hydrogens (tertiary/aromatic N) is 2. The molecule has 0 atom stereocenters. The normalized spacial score (nSPS) is 11.5. The first kappa shape index (κ1) is 18.7. The van der Waals surface area contributed by atoms with E-state index in [1.54, 1.807) is 36.4 Å². The Morgan fingerprint density at radius 1 is 1.04 bits per heavy atom. The molecule has 0 aliphatic rings. The summed E-state index contributed by atoms with van der Waals surface area (Å²) in [7, 11) is -3.70. The van der Waals surface area contributed by atoms with E-state index < -0.39 is 15.8 Å². The van der Waals surface area contributed by atoms with Crippen molar-refractivity contribution in [3.05, 3.63) is 81.7 Å². The van der Waals surface area contributed by atoms with Crippen molar-refractivity contribution in [2.24, 2.45) is 0 Å². The fraction of sp³-hybridized carbons (Fsp3) is 0.118. The van der Waals surface area contributed by atoms with Crippen molar-refractivity contribution in [2.75, 3.05) is 4.72 Å². The van der Waals surface area contributed by atoms with E-state index in [-0.39, 0.29) is 33.7 Å². The van der Waals surface area contributed by atoms with Gasteiger partial charge >= 0.3 is 0 Å². The minimum atomic E-state index is -3.70. The first-order valence-electron chi connectivity index (χ1n) is 7.54. The van der Waals surface area contributed by atoms with Gasteiger partial charge in [-0.3, -0.25) is 9.40 Å². The van der Waals surface area contributed by atoms with Crippen LogP contribution >= 0.6 is 23.2 Å². The summed E-state index contributed by atoms with van der Waals surface area (Å²) in [6.07, 6.45) is 1.41. The zero-order valence-electron chi connectivity index (χ0n) is 13.4. The van der Waals surface area contributed by atoms with Gasteiger partial charge in [0.05, 0.1) is 12.3 Å². The zero-order chi connectivity index (χ0) is 18.7. The molecule has 5 nitrogen and oxygen atoms in total. The fourth-order valence-electron chi connectivity index (χ4n) is 2.37. The molecular formula is C17H14Cl2FN3O2S. The molecule has 1 heterocycles. The Morgan fingerprint density at radius 3 is 2.46 bits per heavy atom. The Balaban J connectivity index is 1.78. The number of anilines is 1. The molecule has 0 unspecified atom stereocenters. The summed E-state index contributed by atoms with van der Waals surface area (Å²) in [5.74, 6) is -0.707. The molecule has 3 aromatic rings. The van der Waals surface area contributed by atoms with Gasteiger partial charge in [-0.2, -0.15) is 5.10 Å². The van der Waals surface area contributed by atoms with Crippen molar-refractivity contribution in [1.29, 1.82) is 0 Å². The van der Waals surface area contributed by atoms with Crippen LogP contribution in [-0.2, 0) is 22.3 Å². The predicted octanol–water partition coefficient (Wildman–Crippen LogP) is 4.32. The van der Waals surface area contributed by atoms with Crippen LogP contribution < -0.4 is 4.72 Å². The molecule has 0 aliphatic carbocycles. The first-order chi connectivity index (χ1) is 12.3. The minimum Gasteiger partial charge on any atom is -0.264 e. The maximum absolute atomic E-state index is 13.9. The fourth-order valence-corrected chi connectivity index (χ4v) is 3.99. The lowest BCUT2D eigenvalue weighted by Gasteiger charge is -2.07. The van der Waals surface area contributed by atoms with Gasteiger partial charge in [0.25, 0.3) is 0 Å². The van der Waals surface area contributed by atoms with Gasteiger partial charge < -0.3 is 0 Å². The summed E-state index contributed by atoms with van der Waals surface area (Å²) in [4.78, 5) is 0. The van der Waals surface area contributed by atoms with Crippen molar-refractivity contribution in [3.8, 4) is 0 Å². The van der Waals surface area contributed by atoms with Crippen LogP contribution in [0.5, 0.6) is 0 Å². The van der Waals surface area contributed by atoms with E-state index in [4.69, 9.17) is 23.2 Å². The Bertz CT molecular complexity index is 1000. The summed E-state index contributed by atoms with van der Waals surface area (Å²) < 4.78 is 42.2. The van der Waals surface area contributed by atoms with Crippen LogP contribution in [0.1, 0.15) is 11.1 Å². The lowest BCUT2D eigenvalue weighted by Crippen LogP contribution is -2.16. The van der Waals surface area contributed by atoms with E-state index in [0.29, 0.717) is 5.56 Å². The summed E-state index contributed by atoms with van der Waals surface area (Å²) in [5, 5.41) is 4.44.